The Kier molecular flexibility index (Phi) is 6.63. The molecule has 0 saturated carbocycles. The molecule has 5 nitrogen and oxygen atoms in total. The van der Waals surface area contributed by atoms with Gasteiger partial charge in [-0.2, -0.15) is 0 Å². The molecule has 6 heteroatoms. The van der Waals surface area contributed by atoms with Crippen LogP contribution in [0.2, 0.25) is 0 Å². The molecule has 1 atom stereocenters. The molecule has 2 aromatic rings. The van der Waals surface area contributed by atoms with Crippen molar-refractivity contribution in [3.05, 3.63) is 35.3 Å². The highest BCUT2D eigenvalue weighted by atomic mass is 32.1. The quantitative estimate of drug-likeness (QED) is 0.806. The first-order valence-corrected chi connectivity index (χ1v) is 10.0. The summed E-state index contributed by atoms with van der Waals surface area (Å²) in [6.07, 6.45) is 5.91. The summed E-state index contributed by atoms with van der Waals surface area (Å²) in [6.45, 7) is 2.84. The van der Waals surface area contributed by atoms with Gasteiger partial charge in [0.15, 0.2) is 0 Å². The summed E-state index contributed by atoms with van der Waals surface area (Å²) in [5.74, 6) is 1.60. The van der Waals surface area contributed by atoms with Gasteiger partial charge in [-0.3, -0.25) is 4.79 Å². The number of hydrogen-bond donors (Lipinski definition) is 1. The molecule has 1 aliphatic rings. The van der Waals surface area contributed by atoms with Crippen molar-refractivity contribution in [3.63, 3.8) is 0 Å². The van der Waals surface area contributed by atoms with Crippen molar-refractivity contribution in [2.24, 2.45) is 5.92 Å². The minimum absolute atomic E-state index is 0.130. The number of nitrogens with one attached hydrogen (secondary N) is 1. The number of nitrogens with zero attached hydrogens (tertiary/aromatic N) is 2. The molecule has 2 heterocycles. The third-order valence-electron chi connectivity index (χ3n) is 4.85. The number of hydrogen-bond acceptors (Lipinski definition) is 5. The zero-order valence-corrected chi connectivity index (χ0v) is 16.3. The van der Waals surface area contributed by atoms with Crippen LogP contribution in [0.4, 0.5) is 0 Å². The van der Waals surface area contributed by atoms with E-state index in [9.17, 15) is 4.79 Å². The number of methoxy groups -OCH3 is 1. The van der Waals surface area contributed by atoms with Gasteiger partial charge >= 0.3 is 0 Å². The highest BCUT2D eigenvalue weighted by Crippen LogP contribution is 2.32. The largest absolute Gasteiger partial charge is 0.496 e. The topological polar surface area (TPSA) is 54.5 Å². The molecule has 3 rings (SSSR count). The minimum Gasteiger partial charge on any atom is -0.496 e. The Labute approximate surface area is 159 Å². The molecule has 1 saturated heterocycles. The highest BCUT2D eigenvalue weighted by molar-refractivity contribution is 7.15. The SMILES string of the molecule is COc1ccccc1-c1ncc(CNC(=O)CC[C@H]2CCCN(C)C2)s1. The second kappa shape index (κ2) is 9.14. The number of ether oxygens (including phenoxy) is 1. The third kappa shape index (κ3) is 5.05. The smallest absolute Gasteiger partial charge is 0.220 e. The second-order valence-corrected chi connectivity index (χ2v) is 8.03. The summed E-state index contributed by atoms with van der Waals surface area (Å²) in [5.41, 5.74) is 0.985. The fraction of sp³-hybridized carbons (Fsp3) is 0.500. The molecule has 0 unspecified atom stereocenters. The fourth-order valence-corrected chi connectivity index (χ4v) is 4.34. The molecule has 1 amide bonds. The van der Waals surface area contributed by atoms with E-state index in [1.54, 1.807) is 18.4 Å². The van der Waals surface area contributed by atoms with Crippen molar-refractivity contribution in [2.45, 2.75) is 32.2 Å². The van der Waals surface area contributed by atoms with Crippen molar-refractivity contribution < 1.29 is 9.53 Å². The van der Waals surface area contributed by atoms with Crippen LogP contribution in [0.15, 0.2) is 30.5 Å². The van der Waals surface area contributed by atoms with Crippen LogP contribution in [-0.2, 0) is 11.3 Å². The van der Waals surface area contributed by atoms with E-state index in [1.807, 2.05) is 30.5 Å². The lowest BCUT2D eigenvalue weighted by Crippen LogP contribution is -2.33. The molecule has 0 bridgehead atoms. The number of amides is 1. The molecule has 1 aromatic heterocycles. The van der Waals surface area contributed by atoms with Gasteiger partial charge in [0.1, 0.15) is 10.8 Å². The second-order valence-electron chi connectivity index (χ2n) is 6.92. The van der Waals surface area contributed by atoms with Crippen molar-refractivity contribution in [3.8, 4) is 16.3 Å². The van der Waals surface area contributed by atoms with Gasteiger partial charge in [-0.15, -0.1) is 11.3 Å². The number of benzene rings is 1. The van der Waals surface area contributed by atoms with E-state index >= 15 is 0 Å². The lowest BCUT2D eigenvalue weighted by Gasteiger charge is -2.29. The Morgan fingerprint density at radius 1 is 1.42 bits per heavy atom. The Balaban J connectivity index is 1.48. The van der Waals surface area contributed by atoms with Crippen LogP contribution in [0.1, 0.15) is 30.6 Å². The van der Waals surface area contributed by atoms with Crippen LogP contribution in [0.3, 0.4) is 0 Å². The fourth-order valence-electron chi connectivity index (χ4n) is 3.45. The maximum atomic E-state index is 12.2. The number of aromatic nitrogens is 1. The first kappa shape index (κ1) is 18.9. The van der Waals surface area contributed by atoms with Crippen LogP contribution < -0.4 is 10.1 Å². The molecule has 26 heavy (non-hydrogen) atoms. The maximum Gasteiger partial charge on any atom is 0.220 e. The van der Waals surface area contributed by atoms with Gasteiger partial charge in [0, 0.05) is 24.0 Å². The third-order valence-corrected chi connectivity index (χ3v) is 5.88. The van der Waals surface area contributed by atoms with Gasteiger partial charge in [0.2, 0.25) is 5.91 Å². The average molecular weight is 374 g/mol. The van der Waals surface area contributed by atoms with Crippen molar-refractivity contribution >= 4 is 17.2 Å². The van der Waals surface area contributed by atoms with Crippen molar-refractivity contribution in [1.29, 1.82) is 0 Å². The number of thiazole rings is 1. The molecule has 0 aliphatic carbocycles. The number of carbonyl (C=O) groups is 1. The zero-order valence-electron chi connectivity index (χ0n) is 15.5. The van der Waals surface area contributed by atoms with E-state index in [0.29, 0.717) is 18.9 Å². The molecule has 140 valence electrons. The average Bonchev–Trinajstić information content (AvgIpc) is 3.13. The molecule has 0 radical (unpaired) electrons. The lowest BCUT2D eigenvalue weighted by atomic mass is 9.93. The molecular formula is C20H27N3O2S. The minimum atomic E-state index is 0.130. The van der Waals surface area contributed by atoms with Crippen LogP contribution >= 0.6 is 11.3 Å². The maximum absolute atomic E-state index is 12.2. The molecule has 1 N–H and O–H groups in total. The van der Waals surface area contributed by atoms with Crippen LogP contribution in [0, 0.1) is 5.92 Å². The summed E-state index contributed by atoms with van der Waals surface area (Å²) in [4.78, 5) is 20.1. The Morgan fingerprint density at radius 3 is 3.08 bits per heavy atom. The Bertz CT molecular complexity index is 731. The van der Waals surface area contributed by atoms with Gasteiger partial charge < -0.3 is 15.0 Å². The van der Waals surface area contributed by atoms with Gasteiger partial charge in [-0.1, -0.05) is 12.1 Å². The number of likely N-dealkylation sites (tertiary alicyclic amines) is 1. The molecule has 0 spiro atoms. The van der Waals surface area contributed by atoms with Crippen LogP contribution in [0.5, 0.6) is 5.75 Å². The summed E-state index contributed by atoms with van der Waals surface area (Å²) in [6, 6.07) is 7.85. The summed E-state index contributed by atoms with van der Waals surface area (Å²) in [7, 11) is 3.83. The predicted octanol–water partition coefficient (Wildman–Crippen LogP) is 3.56. The number of para-hydroxylation sites is 1. The number of piperidine rings is 1. The summed E-state index contributed by atoms with van der Waals surface area (Å²) in [5, 5.41) is 3.94. The molecule has 1 aliphatic heterocycles. The van der Waals surface area contributed by atoms with Gasteiger partial charge in [-0.25, -0.2) is 4.98 Å². The summed E-state index contributed by atoms with van der Waals surface area (Å²) < 4.78 is 5.40. The zero-order chi connectivity index (χ0) is 18.4. The molecule has 1 aromatic carbocycles. The van der Waals surface area contributed by atoms with Crippen molar-refractivity contribution in [2.75, 3.05) is 27.2 Å². The lowest BCUT2D eigenvalue weighted by molar-refractivity contribution is -0.121. The van der Waals surface area contributed by atoms with E-state index in [0.717, 1.165) is 34.2 Å². The van der Waals surface area contributed by atoms with Gasteiger partial charge in [0.25, 0.3) is 0 Å². The van der Waals surface area contributed by atoms with Gasteiger partial charge in [0.05, 0.1) is 19.2 Å². The van der Waals surface area contributed by atoms with E-state index in [4.69, 9.17) is 4.74 Å². The number of carbonyl (C=O) groups excluding carboxylic acids is 1. The van der Waals surface area contributed by atoms with E-state index in [2.05, 4.69) is 22.2 Å². The standard InChI is InChI=1S/C20H27N3O2S/c1-23-11-5-6-15(14-23)9-10-19(24)21-12-16-13-22-20(26-16)17-7-3-4-8-18(17)25-2/h3-4,7-8,13,15H,5-6,9-12,14H2,1-2H3,(H,21,24)/t15-/m1/s1. The normalized spacial score (nSPS) is 17.8. The monoisotopic (exact) mass is 373 g/mol. The highest BCUT2D eigenvalue weighted by Gasteiger charge is 2.18. The van der Waals surface area contributed by atoms with Crippen LogP contribution in [-0.4, -0.2) is 43.0 Å². The Hall–Kier alpha value is -1.92. The predicted molar refractivity (Wildman–Crippen MR) is 105 cm³/mol. The van der Waals surface area contributed by atoms with Crippen LogP contribution in [0.25, 0.3) is 10.6 Å². The van der Waals surface area contributed by atoms with E-state index in [-0.39, 0.29) is 5.91 Å². The van der Waals surface area contributed by atoms with Crippen molar-refractivity contribution in [1.82, 2.24) is 15.2 Å². The first-order chi connectivity index (χ1) is 12.7. The molecular weight excluding hydrogens is 346 g/mol. The first-order valence-electron chi connectivity index (χ1n) is 9.19. The van der Waals surface area contributed by atoms with E-state index in [1.165, 1.54) is 19.4 Å². The molecule has 1 fully saturated rings. The summed E-state index contributed by atoms with van der Waals surface area (Å²) >= 11 is 1.59. The van der Waals surface area contributed by atoms with E-state index < -0.39 is 0 Å². The number of rotatable bonds is 7. The Morgan fingerprint density at radius 2 is 2.27 bits per heavy atom. The van der Waals surface area contributed by atoms with Gasteiger partial charge in [-0.05, 0) is 50.9 Å².